The summed E-state index contributed by atoms with van der Waals surface area (Å²) in [6.07, 6.45) is 6.14. The first-order chi connectivity index (χ1) is 16.0. The molecule has 0 fully saturated rings. The molecule has 2 heteroatoms. The summed E-state index contributed by atoms with van der Waals surface area (Å²) in [5.74, 6) is -0.848. The zero-order chi connectivity index (χ0) is 24.4. The molecular formula is C32H39SiZr. The van der Waals surface area contributed by atoms with E-state index in [0.717, 1.165) is 6.42 Å². The predicted molar refractivity (Wildman–Crippen MR) is 149 cm³/mol. The summed E-state index contributed by atoms with van der Waals surface area (Å²) >= 11 is -2.04. The zero-order valence-corrected chi connectivity index (χ0v) is 25.8. The third-order valence-corrected chi connectivity index (χ3v) is 27.8. The summed E-state index contributed by atoms with van der Waals surface area (Å²) < 4.78 is 2.56. The molecule has 0 radical (unpaired) electrons. The predicted octanol–water partition coefficient (Wildman–Crippen LogP) is 7.85. The van der Waals surface area contributed by atoms with Gasteiger partial charge in [-0.15, -0.1) is 0 Å². The quantitative estimate of drug-likeness (QED) is 0.231. The van der Waals surface area contributed by atoms with Gasteiger partial charge in [0.1, 0.15) is 0 Å². The van der Waals surface area contributed by atoms with Crippen molar-refractivity contribution in [3.8, 4) is 11.1 Å². The fraction of sp³-hybridized carbons (Fsp3) is 0.375. The van der Waals surface area contributed by atoms with Crippen LogP contribution in [0, 0.1) is 0 Å². The SMILES string of the molecule is C[SiH](C)[Zr]([c]1c(C(C)(C)C)ccc2c1Cc1cc(C(C)(C)C)ccc1-2)[CH]1C=Cc2ccccc21. The average molecular weight is 543 g/mol. The van der Waals surface area contributed by atoms with Crippen molar-refractivity contribution in [2.24, 2.45) is 0 Å². The van der Waals surface area contributed by atoms with Gasteiger partial charge in [0.15, 0.2) is 0 Å². The van der Waals surface area contributed by atoms with E-state index in [-0.39, 0.29) is 10.8 Å². The number of hydrogen-bond donors (Lipinski definition) is 0. The third-order valence-electron chi connectivity index (χ3n) is 7.79. The average Bonchev–Trinajstić information content (AvgIpc) is 3.34. The Bertz CT molecular complexity index is 1280. The monoisotopic (exact) mass is 541 g/mol. The van der Waals surface area contributed by atoms with Crippen molar-refractivity contribution in [1.29, 1.82) is 0 Å². The molecule has 0 amide bonds. The van der Waals surface area contributed by atoms with Crippen molar-refractivity contribution in [2.45, 2.75) is 75.5 Å². The molecule has 34 heavy (non-hydrogen) atoms. The molecule has 2 aliphatic carbocycles. The van der Waals surface area contributed by atoms with Crippen LogP contribution in [0.15, 0.2) is 60.7 Å². The summed E-state index contributed by atoms with van der Waals surface area (Å²) in [6.45, 7) is 19.6. The van der Waals surface area contributed by atoms with Crippen molar-refractivity contribution in [3.05, 3.63) is 94.1 Å². The van der Waals surface area contributed by atoms with Gasteiger partial charge in [-0.05, 0) is 0 Å². The molecule has 0 saturated carbocycles. The second kappa shape index (κ2) is 8.56. The van der Waals surface area contributed by atoms with Gasteiger partial charge in [0, 0.05) is 0 Å². The topological polar surface area (TPSA) is 0 Å². The molecule has 3 aromatic rings. The summed E-state index contributed by atoms with van der Waals surface area (Å²) in [4.78, 5) is 0. The molecule has 0 bridgehead atoms. The van der Waals surface area contributed by atoms with Crippen molar-refractivity contribution < 1.29 is 20.9 Å². The van der Waals surface area contributed by atoms with E-state index < -0.39 is 26.8 Å². The molecule has 1 unspecified atom stereocenters. The molecule has 0 saturated heterocycles. The number of benzene rings is 3. The summed E-state index contributed by atoms with van der Waals surface area (Å²) in [7, 11) is 0. The Morgan fingerprint density at radius 2 is 1.53 bits per heavy atom. The minimum absolute atomic E-state index is 0.173. The Balaban J connectivity index is 1.72. The normalized spacial score (nSPS) is 16.6. The van der Waals surface area contributed by atoms with E-state index in [1.54, 1.807) is 22.3 Å². The van der Waals surface area contributed by atoms with Crippen LogP contribution in [0.3, 0.4) is 0 Å². The van der Waals surface area contributed by atoms with Crippen LogP contribution in [0.5, 0.6) is 0 Å². The van der Waals surface area contributed by atoms with Gasteiger partial charge in [-0.2, -0.15) is 0 Å². The molecule has 0 nitrogen and oxygen atoms in total. The summed E-state index contributed by atoms with van der Waals surface area (Å²) in [5.41, 5.74) is 12.8. The first-order valence-corrected chi connectivity index (χ1v) is 22.7. The van der Waals surface area contributed by atoms with Gasteiger partial charge < -0.3 is 0 Å². The Labute approximate surface area is 215 Å². The van der Waals surface area contributed by atoms with Crippen LogP contribution in [0.25, 0.3) is 17.2 Å². The van der Waals surface area contributed by atoms with Gasteiger partial charge in [0.2, 0.25) is 0 Å². The Hall–Kier alpha value is -1.50. The minimum atomic E-state index is -2.04. The first-order valence-electron chi connectivity index (χ1n) is 12.9. The van der Waals surface area contributed by atoms with E-state index in [4.69, 9.17) is 0 Å². The van der Waals surface area contributed by atoms with E-state index in [0.29, 0.717) is 3.63 Å². The number of fused-ring (bicyclic) bond motifs is 4. The zero-order valence-electron chi connectivity index (χ0n) is 22.2. The van der Waals surface area contributed by atoms with Gasteiger partial charge >= 0.3 is 217 Å². The van der Waals surface area contributed by atoms with Crippen LogP contribution < -0.4 is 3.27 Å². The van der Waals surface area contributed by atoms with Gasteiger partial charge in [-0.25, -0.2) is 0 Å². The van der Waals surface area contributed by atoms with Gasteiger partial charge in [0.25, 0.3) is 0 Å². The second-order valence-corrected chi connectivity index (χ2v) is 32.1. The van der Waals surface area contributed by atoms with E-state index in [1.165, 1.54) is 22.3 Å². The van der Waals surface area contributed by atoms with E-state index in [1.807, 2.05) is 3.27 Å². The fourth-order valence-electron chi connectivity index (χ4n) is 6.02. The van der Waals surface area contributed by atoms with Gasteiger partial charge in [0.05, 0.1) is 0 Å². The van der Waals surface area contributed by atoms with Crippen LogP contribution in [0.4, 0.5) is 0 Å². The maximum absolute atomic E-state index is 2.65. The molecule has 5 rings (SSSR count). The Morgan fingerprint density at radius 3 is 2.21 bits per heavy atom. The molecule has 0 N–H and O–H groups in total. The van der Waals surface area contributed by atoms with Crippen LogP contribution in [0.2, 0.25) is 13.1 Å². The second-order valence-electron chi connectivity index (χ2n) is 12.6. The molecular weight excluding hydrogens is 504 g/mol. The Kier molecular flexibility index (Phi) is 6.10. The van der Waals surface area contributed by atoms with E-state index in [9.17, 15) is 0 Å². The van der Waals surface area contributed by atoms with Crippen molar-refractivity contribution in [3.63, 3.8) is 0 Å². The summed E-state index contributed by atoms with van der Waals surface area (Å²) in [5, 5.41) is 0. The first kappa shape index (κ1) is 24.2. The van der Waals surface area contributed by atoms with Crippen molar-refractivity contribution >= 4 is 15.3 Å². The Morgan fingerprint density at radius 1 is 0.824 bits per heavy atom. The molecule has 0 spiro atoms. The number of rotatable bonds is 3. The molecule has 0 aliphatic heterocycles. The molecule has 175 valence electrons. The number of allylic oxidation sites excluding steroid dienone is 1. The fourth-order valence-corrected chi connectivity index (χ4v) is 26.8. The van der Waals surface area contributed by atoms with Crippen molar-refractivity contribution in [2.75, 3.05) is 0 Å². The molecule has 3 aromatic carbocycles. The third kappa shape index (κ3) is 4.10. The van der Waals surface area contributed by atoms with Crippen LogP contribution in [0.1, 0.15) is 78.5 Å². The van der Waals surface area contributed by atoms with Crippen LogP contribution >= 0.6 is 0 Å². The molecule has 1 atom stereocenters. The maximum atomic E-state index is 2.65. The molecule has 2 aliphatic rings. The summed E-state index contributed by atoms with van der Waals surface area (Å²) in [6, 6.07) is 21.5. The van der Waals surface area contributed by atoms with Gasteiger partial charge in [-0.3, -0.25) is 0 Å². The van der Waals surface area contributed by atoms with E-state index in [2.05, 4.69) is 121 Å². The standard InChI is InChI=1S/C21H25.C9H7.C2H7Si.Zr/c1-20(2,3)16-7-9-18-14(12-16)11-15-13-17(21(4,5)6)8-10-19(15)18;1-2-5-9-7-3-6-8(9)4-1;1-3-2;/h7-10,12H,11H2,1-6H3;1-7H;3H,1-2H3;. The van der Waals surface area contributed by atoms with Gasteiger partial charge in [-0.1, -0.05) is 0 Å². The molecule has 0 heterocycles. The molecule has 0 aromatic heterocycles. The van der Waals surface area contributed by atoms with Crippen LogP contribution in [-0.2, 0) is 38.2 Å². The number of hydrogen-bond acceptors (Lipinski definition) is 0. The van der Waals surface area contributed by atoms with Crippen LogP contribution in [-0.4, -0.2) is 5.92 Å². The van der Waals surface area contributed by atoms with Crippen molar-refractivity contribution in [1.82, 2.24) is 0 Å². The van der Waals surface area contributed by atoms with E-state index >= 15 is 0 Å².